The molecule has 0 spiro atoms. The van der Waals surface area contributed by atoms with Crippen molar-refractivity contribution in [3.8, 4) is 0 Å². The first-order valence-electron chi connectivity index (χ1n) is 15.6. The number of fused-ring (bicyclic) bond motifs is 6. The first-order valence-corrected chi connectivity index (χ1v) is 12.7. The second-order valence-corrected chi connectivity index (χ2v) is 9.42. The molecule has 2 N–H and O–H groups in total. The minimum atomic E-state index is -2.20. The van der Waals surface area contributed by atoms with Crippen LogP contribution >= 0.6 is 0 Å². The molecule has 0 saturated carbocycles. The van der Waals surface area contributed by atoms with Gasteiger partial charge in [-0.25, -0.2) is 0 Å². The summed E-state index contributed by atoms with van der Waals surface area (Å²) in [6.45, 7) is 9.40. The fourth-order valence-corrected chi connectivity index (χ4v) is 5.07. The number of methoxy groups -OCH3 is 1. The summed E-state index contributed by atoms with van der Waals surface area (Å²) < 4.78 is 60.2. The molecule has 0 saturated heterocycles. The molecular formula is C31H36N4O2. The van der Waals surface area contributed by atoms with Crippen LogP contribution < -0.4 is 0 Å². The molecule has 2 aromatic heterocycles. The average molecular weight is 503 g/mol. The molecule has 6 nitrogen and oxygen atoms in total. The van der Waals surface area contributed by atoms with E-state index in [9.17, 15) is 10.3 Å². The summed E-state index contributed by atoms with van der Waals surface area (Å²) in [6.07, 6.45) is 3.49. The SMILES string of the molecule is [2H]n1c2c(C)c(CCC(=O)OC)c1C([2H])([2H])C1=N/C(=C\c3c(C)c(CC)c(n3[2H])C([2H])([2H])C3=N/C(=C\2)C(C)=C3CC)C=C1. The van der Waals surface area contributed by atoms with Gasteiger partial charge in [0.2, 0.25) is 0 Å². The smallest absolute Gasteiger partial charge is 0.305 e. The van der Waals surface area contributed by atoms with Crippen LogP contribution in [0.3, 0.4) is 0 Å². The zero-order valence-corrected chi connectivity index (χ0v) is 22.2. The molecule has 2 aromatic rings. The van der Waals surface area contributed by atoms with E-state index in [2.05, 4.69) is 4.99 Å². The fourth-order valence-electron chi connectivity index (χ4n) is 5.07. The number of aliphatic imine (C=N–C) groups is 2. The Balaban J connectivity index is 1.88. The molecule has 0 aliphatic carbocycles. The predicted octanol–water partition coefficient (Wildman–Crippen LogP) is 6.30. The van der Waals surface area contributed by atoms with Crippen molar-refractivity contribution < 1.29 is 17.8 Å². The molecule has 6 heteroatoms. The van der Waals surface area contributed by atoms with Crippen LogP contribution in [0.1, 0.15) is 84.1 Å². The van der Waals surface area contributed by atoms with Crippen molar-refractivity contribution in [1.82, 2.24) is 9.95 Å². The number of aromatic amines is 2. The summed E-state index contributed by atoms with van der Waals surface area (Å²) >= 11 is 0. The Hall–Kier alpha value is -3.67. The van der Waals surface area contributed by atoms with E-state index in [1.165, 1.54) is 7.11 Å². The molecule has 0 aromatic carbocycles. The Labute approximate surface area is 227 Å². The molecule has 37 heavy (non-hydrogen) atoms. The molecule has 5 heterocycles. The minimum Gasteiger partial charge on any atom is -0.469 e. The van der Waals surface area contributed by atoms with Crippen LogP contribution in [0.5, 0.6) is 0 Å². The summed E-state index contributed by atoms with van der Waals surface area (Å²) in [5.41, 5.74) is 6.43. The lowest BCUT2D eigenvalue weighted by atomic mass is 9.97. The van der Waals surface area contributed by atoms with Gasteiger partial charge in [-0.2, -0.15) is 0 Å². The number of hydrogen-bond acceptors (Lipinski definition) is 4. The monoisotopic (exact) mass is 502 g/mol. The third-order valence-corrected chi connectivity index (χ3v) is 7.28. The molecule has 0 amide bonds. The van der Waals surface area contributed by atoms with E-state index in [0.29, 0.717) is 46.8 Å². The lowest BCUT2D eigenvalue weighted by molar-refractivity contribution is -0.140. The topological polar surface area (TPSA) is 82.6 Å². The van der Waals surface area contributed by atoms with Gasteiger partial charge in [0.1, 0.15) is 0 Å². The first-order chi connectivity index (χ1) is 20.2. The maximum Gasteiger partial charge on any atom is 0.305 e. The minimum absolute atomic E-state index is 0.0109. The summed E-state index contributed by atoms with van der Waals surface area (Å²) in [5, 5.41) is 0. The maximum absolute atomic E-state index is 12.1. The Morgan fingerprint density at radius 3 is 2.41 bits per heavy atom. The van der Waals surface area contributed by atoms with E-state index in [-0.39, 0.29) is 35.7 Å². The van der Waals surface area contributed by atoms with Crippen LogP contribution in [0.25, 0.3) is 12.2 Å². The van der Waals surface area contributed by atoms with Crippen LogP contribution in [0.4, 0.5) is 0 Å². The standard InChI is InChI=1S/C31H36N4O2/c1-7-22-17(3)25-13-20-9-10-21(32-20)14-28-24(11-12-31(36)37-6)19(5)27(34-28)15-26-18(4)23(8-2)30(35-26)16-29(22)33-25/h9-10,13,15,33-34H,7-8,11-12,14,16H2,1-6H3/b20-13-,26-15-/i14D2,16D2/hD2. The third-order valence-electron chi connectivity index (χ3n) is 7.28. The molecule has 0 fully saturated rings. The van der Waals surface area contributed by atoms with Crippen LogP contribution in [0.15, 0.2) is 44.7 Å². The van der Waals surface area contributed by atoms with Crippen molar-refractivity contribution in [3.05, 3.63) is 79.7 Å². The number of H-pyrrole nitrogens is 2. The van der Waals surface area contributed by atoms with Crippen LogP contribution in [-0.4, -0.2) is 34.5 Å². The van der Waals surface area contributed by atoms with Gasteiger partial charge in [0.05, 0.1) is 24.2 Å². The zero-order valence-electron chi connectivity index (χ0n) is 28.2. The Kier molecular flexibility index (Phi) is 5.02. The zero-order chi connectivity index (χ0) is 31.6. The van der Waals surface area contributed by atoms with Crippen molar-refractivity contribution in [2.45, 2.75) is 73.0 Å². The summed E-state index contributed by atoms with van der Waals surface area (Å²) in [4.78, 5) is 23.7. The van der Waals surface area contributed by atoms with E-state index >= 15 is 0 Å². The fraction of sp³-hybridized carbons (Fsp3) is 0.387. The van der Waals surface area contributed by atoms with Crippen LogP contribution in [-0.2, 0) is 35.1 Å². The molecule has 5 rings (SSSR count). The van der Waals surface area contributed by atoms with E-state index in [1.807, 2.05) is 27.7 Å². The van der Waals surface area contributed by atoms with E-state index in [1.54, 1.807) is 31.2 Å². The van der Waals surface area contributed by atoms with Gasteiger partial charge in [0.25, 0.3) is 0 Å². The molecule has 3 aliphatic heterocycles. The molecule has 192 valence electrons. The Bertz CT molecular complexity index is 1750. The van der Waals surface area contributed by atoms with Gasteiger partial charge in [-0.05, 0) is 97.7 Å². The molecule has 8 bridgehead atoms. The summed E-state index contributed by atoms with van der Waals surface area (Å²) in [7, 11) is 1.30. The number of aromatic nitrogens is 2. The number of carbonyl (C=O) groups is 1. The largest absolute Gasteiger partial charge is 0.469 e. The van der Waals surface area contributed by atoms with Gasteiger partial charge < -0.3 is 14.7 Å². The summed E-state index contributed by atoms with van der Waals surface area (Å²) in [5.74, 6) is -0.441. The summed E-state index contributed by atoms with van der Waals surface area (Å²) in [6, 6.07) is 0. The normalized spacial score (nSPS) is 24.5. The number of hydrogen-bond donors (Lipinski definition) is 2. The molecule has 0 unspecified atom stereocenters. The Morgan fingerprint density at radius 2 is 1.70 bits per heavy atom. The van der Waals surface area contributed by atoms with Crippen molar-refractivity contribution in [3.63, 3.8) is 0 Å². The molecule has 0 atom stereocenters. The number of carbonyl (C=O) groups excluding carboxylic acids is 1. The van der Waals surface area contributed by atoms with Gasteiger partial charge in [0.15, 0.2) is 2.82 Å². The number of esters is 1. The first kappa shape index (κ1) is 18.6. The Morgan fingerprint density at radius 1 is 1.00 bits per heavy atom. The second-order valence-electron chi connectivity index (χ2n) is 9.42. The second kappa shape index (κ2) is 10.0. The number of allylic oxidation sites excluding steroid dienone is 4. The van der Waals surface area contributed by atoms with E-state index < -0.39 is 18.7 Å². The molecule has 0 radical (unpaired) electrons. The molecule has 3 aliphatic rings. The van der Waals surface area contributed by atoms with E-state index in [0.717, 1.165) is 32.2 Å². The van der Waals surface area contributed by atoms with Crippen molar-refractivity contribution in [1.29, 1.82) is 0 Å². The van der Waals surface area contributed by atoms with Gasteiger partial charge in [-0.1, -0.05) is 13.8 Å². The lowest BCUT2D eigenvalue weighted by Gasteiger charge is -2.07. The highest BCUT2D eigenvalue weighted by Crippen LogP contribution is 2.34. The number of nitrogens with one attached hydrogen (secondary N) is 2. The number of nitrogens with zero attached hydrogens (tertiary/aromatic N) is 2. The average Bonchev–Trinajstić information content (AvgIpc) is 3.68. The number of rotatable bonds is 5. The quantitative estimate of drug-likeness (QED) is 0.470. The highest BCUT2D eigenvalue weighted by molar-refractivity contribution is 6.06. The van der Waals surface area contributed by atoms with Crippen molar-refractivity contribution in [2.24, 2.45) is 9.98 Å². The van der Waals surface area contributed by atoms with Crippen LogP contribution in [0.2, 0.25) is 2.82 Å². The van der Waals surface area contributed by atoms with Gasteiger partial charge in [-0.3, -0.25) is 14.8 Å². The number of ether oxygens (including phenoxy) is 1. The van der Waals surface area contributed by atoms with E-state index in [4.69, 9.17) is 12.6 Å². The van der Waals surface area contributed by atoms with Crippen molar-refractivity contribution >= 4 is 29.5 Å². The van der Waals surface area contributed by atoms with Crippen molar-refractivity contribution in [2.75, 3.05) is 7.11 Å². The highest BCUT2D eigenvalue weighted by atomic mass is 16.5. The molecular weight excluding hydrogens is 460 g/mol. The van der Waals surface area contributed by atoms with Gasteiger partial charge in [0, 0.05) is 53.1 Å². The van der Waals surface area contributed by atoms with Gasteiger partial charge >= 0.3 is 5.97 Å². The predicted molar refractivity (Wildman–Crippen MR) is 151 cm³/mol. The third kappa shape index (κ3) is 4.61. The maximum atomic E-state index is 12.1. The van der Waals surface area contributed by atoms with Crippen LogP contribution in [0, 0.1) is 13.8 Å². The lowest BCUT2D eigenvalue weighted by Crippen LogP contribution is -2.06. The highest BCUT2D eigenvalue weighted by Gasteiger charge is 2.24. The van der Waals surface area contributed by atoms with Gasteiger partial charge in [-0.15, -0.1) is 0 Å².